The maximum atomic E-state index is 13.1. The second kappa shape index (κ2) is 9.78. The number of nitrogens with two attached hydrogens (primary N) is 1. The number of rotatable bonds is 7. The van der Waals surface area contributed by atoms with Gasteiger partial charge >= 0.3 is 5.69 Å². The number of aromatic amines is 1. The molecular weight excluding hydrogens is 434 g/mol. The van der Waals surface area contributed by atoms with E-state index in [1.54, 1.807) is 6.92 Å². The number of aromatic nitrogens is 2. The third-order valence-electron chi connectivity index (χ3n) is 6.10. The van der Waals surface area contributed by atoms with Crippen LogP contribution in [0.4, 0.5) is 17.2 Å². The van der Waals surface area contributed by atoms with Crippen molar-refractivity contribution in [3.63, 3.8) is 0 Å². The molecule has 3 aromatic rings. The predicted molar refractivity (Wildman–Crippen MR) is 131 cm³/mol. The lowest BCUT2D eigenvalue weighted by Crippen LogP contribution is -2.41. The number of hydrogen-bond donors (Lipinski definition) is 3. The van der Waals surface area contributed by atoms with Gasteiger partial charge in [-0.2, -0.15) is 0 Å². The Morgan fingerprint density at radius 1 is 1.09 bits per heavy atom. The second-order valence-corrected chi connectivity index (χ2v) is 8.29. The first-order valence-corrected chi connectivity index (χ1v) is 11.2. The summed E-state index contributed by atoms with van der Waals surface area (Å²) >= 11 is 0. The van der Waals surface area contributed by atoms with Crippen LogP contribution >= 0.6 is 0 Å². The van der Waals surface area contributed by atoms with Gasteiger partial charge in [0.1, 0.15) is 5.82 Å². The van der Waals surface area contributed by atoms with Crippen LogP contribution in [0.15, 0.2) is 64.2 Å². The first kappa shape index (κ1) is 23.0. The summed E-state index contributed by atoms with van der Waals surface area (Å²) in [5.41, 5.74) is 7.48. The van der Waals surface area contributed by atoms with E-state index in [9.17, 15) is 19.2 Å². The predicted octanol–water partition coefficient (Wildman–Crippen LogP) is 2.11. The highest BCUT2D eigenvalue weighted by atomic mass is 16.2. The standard InChI is InChI=1S/C25H27N5O4/c1-2-29(20(31)13-12-18-14-17-10-6-7-11-19(17)27-23(18)32)21-22(26)30(25(34)28-24(21)33)15-16-8-4-3-5-9-16/h3-11,18H,2,12-15,26H2,1H3,(H,27,32)(H,28,33,34). The number of nitrogen functional groups attached to an aromatic ring is 1. The van der Waals surface area contributed by atoms with Gasteiger partial charge in [-0.1, -0.05) is 48.5 Å². The smallest absolute Gasteiger partial charge is 0.330 e. The van der Waals surface area contributed by atoms with Crippen LogP contribution in [0.25, 0.3) is 0 Å². The Morgan fingerprint density at radius 3 is 2.53 bits per heavy atom. The highest BCUT2D eigenvalue weighted by Gasteiger charge is 2.28. The Bertz CT molecular complexity index is 1330. The molecule has 9 heteroatoms. The molecule has 34 heavy (non-hydrogen) atoms. The summed E-state index contributed by atoms with van der Waals surface area (Å²) in [6.07, 6.45) is 0.938. The number of fused-ring (bicyclic) bond motifs is 1. The van der Waals surface area contributed by atoms with Crippen LogP contribution in [-0.4, -0.2) is 27.9 Å². The van der Waals surface area contributed by atoms with Crippen molar-refractivity contribution in [2.24, 2.45) is 5.92 Å². The fraction of sp³-hybridized carbons (Fsp3) is 0.280. The minimum absolute atomic E-state index is 0.0542. The van der Waals surface area contributed by atoms with Crippen LogP contribution in [0.5, 0.6) is 0 Å². The van der Waals surface area contributed by atoms with Crippen molar-refractivity contribution >= 4 is 29.0 Å². The number of hydrogen-bond acceptors (Lipinski definition) is 5. The Kier molecular flexibility index (Phi) is 6.62. The van der Waals surface area contributed by atoms with E-state index in [2.05, 4.69) is 10.3 Å². The molecule has 2 amide bonds. The average molecular weight is 462 g/mol. The number of nitrogens with one attached hydrogen (secondary N) is 2. The van der Waals surface area contributed by atoms with Crippen molar-refractivity contribution in [2.45, 2.75) is 32.7 Å². The first-order chi connectivity index (χ1) is 16.4. The number of carbonyl (C=O) groups is 2. The van der Waals surface area contributed by atoms with Crippen LogP contribution < -0.4 is 27.2 Å². The summed E-state index contributed by atoms with van der Waals surface area (Å²) in [4.78, 5) is 54.3. The quantitative estimate of drug-likeness (QED) is 0.496. The molecule has 0 fully saturated rings. The van der Waals surface area contributed by atoms with Crippen molar-refractivity contribution in [3.05, 3.63) is 86.6 Å². The van der Waals surface area contributed by atoms with E-state index < -0.39 is 11.2 Å². The van der Waals surface area contributed by atoms with Crippen molar-refractivity contribution in [1.29, 1.82) is 0 Å². The van der Waals surface area contributed by atoms with Crippen molar-refractivity contribution < 1.29 is 9.59 Å². The molecule has 4 N–H and O–H groups in total. The van der Waals surface area contributed by atoms with Gasteiger partial charge in [-0.3, -0.25) is 23.9 Å². The van der Waals surface area contributed by atoms with Crippen LogP contribution in [0.1, 0.15) is 30.9 Å². The van der Waals surface area contributed by atoms with Gasteiger partial charge in [-0.05, 0) is 37.0 Å². The number of nitrogens with zero attached hydrogens (tertiary/aromatic N) is 2. The molecule has 2 heterocycles. The number of H-pyrrole nitrogens is 1. The minimum Gasteiger partial charge on any atom is -0.383 e. The van der Waals surface area contributed by atoms with Gasteiger partial charge in [0.25, 0.3) is 5.56 Å². The maximum absolute atomic E-state index is 13.1. The van der Waals surface area contributed by atoms with Gasteiger partial charge in [0.15, 0.2) is 5.69 Å². The largest absolute Gasteiger partial charge is 0.383 e. The highest BCUT2D eigenvalue weighted by molar-refractivity contribution is 5.98. The monoisotopic (exact) mass is 461 g/mol. The molecule has 2 aromatic carbocycles. The zero-order chi connectivity index (χ0) is 24.2. The Morgan fingerprint density at radius 2 is 1.79 bits per heavy atom. The lowest BCUT2D eigenvalue weighted by molar-refractivity contribution is -0.121. The van der Waals surface area contributed by atoms with Gasteiger partial charge in [0, 0.05) is 24.6 Å². The summed E-state index contributed by atoms with van der Waals surface area (Å²) in [5.74, 6) is -0.878. The third kappa shape index (κ3) is 4.63. The van der Waals surface area contributed by atoms with Crippen LogP contribution in [0.2, 0.25) is 0 Å². The lowest BCUT2D eigenvalue weighted by atomic mass is 9.89. The van der Waals surface area contributed by atoms with E-state index in [4.69, 9.17) is 5.73 Å². The molecule has 1 aromatic heterocycles. The minimum atomic E-state index is -0.716. The van der Waals surface area contributed by atoms with Gasteiger partial charge < -0.3 is 16.0 Å². The molecule has 0 radical (unpaired) electrons. The van der Waals surface area contributed by atoms with Crippen LogP contribution in [-0.2, 0) is 22.6 Å². The van der Waals surface area contributed by atoms with E-state index in [1.165, 1.54) is 9.47 Å². The summed E-state index contributed by atoms with van der Waals surface area (Å²) in [5, 5.41) is 2.89. The molecule has 4 rings (SSSR count). The van der Waals surface area contributed by atoms with E-state index in [0.29, 0.717) is 12.8 Å². The fourth-order valence-corrected chi connectivity index (χ4v) is 4.30. The average Bonchev–Trinajstić information content (AvgIpc) is 2.83. The van der Waals surface area contributed by atoms with Gasteiger partial charge in [0.05, 0.1) is 6.54 Å². The first-order valence-electron chi connectivity index (χ1n) is 11.2. The second-order valence-electron chi connectivity index (χ2n) is 8.29. The number of carbonyl (C=O) groups excluding carboxylic acids is 2. The molecule has 1 unspecified atom stereocenters. The van der Waals surface area contributed by atoms with Gasteiger partial charge in [-0.15, -0.1) is 0 Å². The lowest BCUT2D eigenvalue weighted by Gasteiger charge is -2.26. The Labute approximate surface area is 196 Å². The zero-order valence-corrected chi connectivity index (χ0v) is 18.9. The van der Waals surface area contributed by atoms with Crippen LogP contribution in [0.3, 0.4) is 0 Å². The summed E-state index contributed by atoms with van der Waals surface area (Å²) in [7, 11) is 0. The number of benzene rings is 2. The molecule has 1 aliphatic rings. The summed E-state index contributed by atoms with van der Waals surface area (Å²) < 4.78 is 1.24. The van der Waals surface area contributed by atoms with Crippen molar-refractivity contribution in [3.8, 4) is 0 Å². The number of para-hydroxylation sites is 1. The van der Waals surface area contributed by atoms with E-state index >= 15 is 0 Å². The Balaban J connectivity index is 1.54. The summed E-state index contributed by atoms with van der Waals surface area (Å²) in [6.45, 7) is 2.07. The zero-order valence-electron chi connectivity index (χ0n) is 18.9. The van der Waals surface area contributed by atoms with Crippen molar-refractivity contribution in [2.75, 3.05) is 22.5 Å². The maximum Gasteiger partial charge on any atom is 0.330 e. The molecule has 0 saturated heterocycles. The van der Waals surface area contributed by atoms with Gasteiger partial charge in [0.2, 0.25) is 11.8 Å². The molecule has 0 bridgehead atoms. The summed E-state index contributed by atoms with van der Waals surface area (Å²) in [6, 6.07) is 16.8. The molecule has 0 saturated carbocycles. The fourth-order valence-electron chi connectivity index (χ4n) is 4.30. The Hall–Kier alpha value is -4.14. The SMILES string of the molecule is CCN(C(=O)CCC1Cc2ccccc2NC1=O)c1c(N)n(Cc2ccccc2)c(=O)[nH]c1=O. The molecule has 0 aliphatic carbocycles. The molecular formula is C25H27N5O4. The number of amides is 2. The molecule has 176 valence electrons. The molecule has 9 nitrogen and oxygen atoms in total. The van der Waals surface area contributed by atoms with E-state index in [1.807, 2.05) is 54.6 Å². The third-order valence-corrected chi connectivity index (χ3v) is 6.10. The van der Waals surface area contributed by atoms with Crippen molar-refractivity contribution in [1.82, 2.24) is 9.55 Å². The molecule has 1 atom stereocenters. The molecule has 0 spiro atoms. The highest BCUT2D eigenvalue weighted by Crippen LogP contribution is 2.28. The number of anilines is 3. The van der Waals surface area contributed by atoms with Crippen LogP contribution in [0, 0.1) is 5.92 Å². The van der Waals surface area contributed by atoms with E-state index in [0.717, 1.165) is 16.8 Å². The normalized spacial score (nSPS) is 14.9. The molecule has 1 aliphatic heterocycles. The van der Waals surface area contributed by atoms with E-state index in [-0.39, 0.29) is 48.7 Å². The topological polar surface area (TPSA) is 130 Å². The van der Waals surface area contributed by atoms with Gasteiger partial charge in [-0.25, -0.2) is 4.79 Å².